The van der Waals surface area contributed by atoms with Gasteiger partial charge in [-0.2, -0.15) is 4.31 Å². The van der Waals surface area contributed by atoms with E-state index >= 15 is 0 Å². The monoisotopic (exact) mass is 555 g/mol. The van der Waals surface area contributed by atoms with Gasteiger partial charge in [-0.3, -0.25) is 9.59 Å². The summed E-state index contributed by atoms with van der Waals surface area (Å²) in [4.78, 5) is 28.9. The van der Waals surface area contributed by atoms with Gasteiger partial charge in [-0.25, -0.2) is 8.42 Å². The molecule has 0 bridgehead atoms. The predicted molar refractivity (Wildman–Crippen MR) is 151 cm³/mol. The number of hydrogen-bond acceptors (Lipinski definition) is 4. The van der Waals surface area contributed by atoms with E-state index in [2.05, 4.69) is 5.32 Å². The molecule has 9 heteroatoms. The molecule has 0 fully saturated rings. The lowest BCUT2D eigenvalue weighted by Crippen LogP contribution is -2.48. The molecule has 1 unspecified atom stereocenters. The molecule has 1 atom stereocenters. The Morgan fingerprint density at radius 1 is 0.842 bits per heavy atom. The van der Waals surface area contributed by atoms with Crippen LogP contribution in [0.5, 0.6) is 0 Å². The number of halogens is 1. The first-order valence-corrected chi connectivity index (χ1v) is 14.6. The van der Waals surface area contributed by atoms with Gasteiger partial charge in [0.15, 0.2) is 0 Å². The molecule has 1 N–H and O–H groups in total. The number of nitrogens with one attached hydrogen (secondary N) is 1. The first-order chi connectivity index (χ1) is 18.0. The summed E-state index contributed by atoms with van der Waals surface area (Å²) in [5.74, 6) is -0.613. The van der Waals surface area contributed by atoms with Crippen molar-refractivity contribution < 1.29 is 18.0 Å². The zero-order chi connectivity index (χ0) is 27.7. The number of sulfonamides is 1. The Bertz CT molecular complexity index is 1300. The van der Waals surface area contributed by atoms with Gasteiger partial charge in [-0.05, 0) is 34.7 Å². The first-order valence-electron chi connectivity index (χ1n) is 12.4. The molecule has 0 saturated heterocycles. The van der Waals surface area contributed by atoms with Gasteiger partial charge in [0, 0.05) is 24.7 Å². The van der Waals surface area contributed by atoms with Crippen molar-refractivity contribution in [3.63, 3.8) is 0 Å². The lowest BCUT2D eigenvalue weighted by atomic mass is 10.0. The molecule has 2 amide bonds. The second-order valence-electron chi connectivity index (χ2n) is 9.62. The molecule has 0 aromatic heterocycles. The van der Waals surface area contributed by atoms with E-state index in [0.29, 0.717) is 17.1 Å². The molecule has 0 heterocycles. The van der Waals surface area contributed by atoms with Crippen molar-refractivity contribution in [3.8, 4) is 0 Å². The lowest BCUT2D eigenvalue weighted by molar-refractivity contribution is -0.141. The molecule has 0 aliphatic heterocycles. The Hall–Kier alpha value is -3.20. The SMILES string of the molecule is CC(C)CNC(=O)C(c1ccccc1)N(Cc1ccc(Cl)cc1)C(=O)CN(Cc1ccccc1)S(C)(=O)=O. The van der Waals surface area contributed by atoms with Crippen LogP contribution < -0.4 is 5.32 Å². The van der Waals surface area contributed by atoms with Gasteiger partial charge in [0.05, 0.1) is 12.8 Å². The van der Waals surface area contributed by atoms with Gasteiger partial charge < -0.3 is 10.2 Å². The molecule has 3 rings (SSSR count). The summed E-state index contributed by atoms with van der Waals surface area (Å²) in [5.41, 5.74) is 2.14. The molecular formula is C29H34ClN3O4S. The van der Waals surface area contributed by atoms with Gasteiger partial charge in [-0.1, -0.05) is 98.2 Å². The van der Waals surface area contributed by atoms with Crippen LogP contribution in [-0.2, 0) is 32.7 Å². The standard InChI is InChI=1S/C29H34ClN3O4S/c1-22(2)18-31-29(35)28(25-12-8-5-9-13-25)33(20-24-14-16-26(30)17-15-24)27(34)21-32(38(3,36)37)19-23-10-6-4-7-11-23/h4-17,22,28H,18-21H2,1-3H3,(H,31,35). The largest absolute Gasteiger partial charge is 0.354 e. The second kappa shape index (κ2) is 13.6. The normalized spacial score (nSPS) is 12.4. The molecule has 0 saturated carbocycles. The van der Waals surface area contributed by atoms with Crippen molar-refractivity contribution in [3.05, 3.63) is 107 Å². The quantitative estimate of drug-likeness (QED) is 0.352. The molecule has 3 aromatic rings. The molecule has 0 aliphatic carbocycles. The smallest absolute Gasteiger partial charge is 0.247 e. The number of benzene rings is 3. The summed E-state index contributed by atoms with van der Waals surface area (Å²) in [6.45, 7) is 4.13. The van der Waals surface area contributed by atoms with Crippen molar-refractivity contribution >= 4 is 33.4 Å². The van der Waals surface area contributed by atoms with Crippen LogP contribution in [0.3, 0.4) is 0 Å². The topological polar surface area (TPSA) is 86.8 Å². The van der Waals surface area contributed by atoms with Crippen molar-refractivity contribution in [1.29, 1.82) is 0 Å². The van der Waals surface area contributed by atoms with Gasteiger partial charge >= 0.3 is 0 Å². The van der Waals surface area contributed by atoms with E-state index in [9.17, 15) is 18.0 Å². The van der Waals surface area contributed by atoms with Crippen LogP contribution in [0.1, 0.15) is 36.6 Å². The van der Waals surface area contributed by atoms with E-state index in [-0.39, 0.29) is 24.9 Å². The van der Waals surface area contributed by atoms with Gasteiger partial charge in [0.2, 0.25) is 21.8 Å². The third-order valence-electron chi connectivity index (χ3n) is 5.93. The highest BCUT2D eigenvalue weighted by molar-refractivity contribution is 7.88. The number of rotatable bonds is 12. The molecule has 0 spiro atoms. The fourth-order valence-corrected chi connectivity index (χ4v) is 4.79. The zero-order valence-electron chi connectivity index (χ0n) is 21.9. The fourth-order valence-electron chi connectivity index (χ4n) is 3.94. The van der Waals surface area contributed by atoms with Crippen LogP contribution in [0.4, 0.5) is 0 Å². The van der Waals surface area contributed by atoms with E-state index < -0.39 is 28.5 Å². The van der Waals surface area contributed by atoms with Crippen LogP contribution in [0.2, 0.25) is 5.02 Å². The van der Waals surface area contributed by atoms with E-state index in [1.807, 2.05) is 38.1 Å². The highest BCUT2D eigenvalue weighted by atomic mass is 35.5. The minimum atomic E-state index is -3.73. The molecule has 0 radical (unpaired) electrons. The van der Waals surface area contributed by atoms with Gasteiger partial charge in [0.25, 0.3) is 0 Å². The molecule has 7 nitrogen and oxygen atoms in total. The highest BCUT2D eigenvalue weighted by Crippen LogP contribution is 2.25. The maximum atomic E-state index is 13.9. The Morgan fingerprint density at radius 3 is 1.95 bits per heavy atom. The Balaban J connectivity index is 2.01. The molecule has 202 valence electrons. The van der Waals surface area contributed by atoms with Gasteiger partial charge in [0.1, 0.15) is 6.04 Å². The molecule has 38 heavy (non-hydrogen) atoms. The Morgan fingerprint density at radius 2 is 1.39 bits per heavy atom. The van der Waals surface area contributed by atoms with E-state index in [1.165, 1.54) is 4.90 Å². The summed E-state index contributed by atoms with van der Waals surface area (Å²) < 4.78 is 26.5. The average Bonchev–Trinajstić information content (AvgIpc) is 2.88. The van der Waals surface area contributed by atoms with Crippen LogP contribution in [0, 0.1) is 5.92 Å². The molecule has 3 aromatic carbocycles. The van der Waals surface area contributed by atoms with Crippen LogP contribution in [0.15, 0.2) is 84.9 Å². The number of amides is 2. The average molecular weight is 556 g/mol. The maximum absolute atomic E-state index is 13.9. The Kier molecular flexibility index (Phi) is 10.5. The first kappa shape index (κ1) is 29.4. The number of carbonyl (C=O) groups excluding carboxylic acids is 2. The van der Waals surface area contributed by atoms with Crippen LogP contribution in [0.25, 0.3) is 0 Å². The summed E-state index contributed by atoms with van der Waals surface area (Å²) in [6, 6.07) is 24.2. The number of hydrogen-bond donors (Lipinski definition) is 1. The summed E-state index contributed by atoms with van der Waals surface area (Å²) in [7, 11) is -3.73. The highest BCUT2D eigenvalue weighted by Gasteiger charge is 2.33. The number of carbonyl (C=O) groups is 2. The van der Waals surface area contributed by atoms with E-state index in [0.717, 1.165) is 21.7 Å². The van der Waals surface area contributed by atoms with E-state index in [4.69, 9.17) is 11.6 Å². The third-order valence-corrected chi connectivity index (χ3v) is 7.38. The minimum Gasteiger partial charge on any atom is -0.354 e. The maximum Gasteiger partial charge on any atom is 0.247 e. The van der Waals surface area contributed by atoms with Gasteiger partial charge in [-0.15, -0.1) is 0 Å². The summed E-state index contributed by atoms with van der Waals surface area (Å²) in [5, 5.41) is 3.50. The predicted octanol–water partition coefficient (Wildman–Crippen LogP) is 4.64. The summed E-state index contributed by atoms with van der Waals surface area (Å²) >= 11 is 6.07. The lowest BCUT2D eigenvalue weighted by Gasteiger charge is -2.33. The van der Waals surface area contributed by atoms with Crippen molar-refractivity contribution in [2.75, 3.05) is 19.3 Å². The molecule has 0 aliphatic rings. The summed E-state index contributed by atoms with van der Waals surface area (Å²) in [6.07, 6.45) is 1.08. The van der Waals surface area contributed by atoms with Crippen molar-refractivity contribution in [2.24, 2.45) is 5.92 Å². The van der Waals surface area contributed by atoms with Crippen molar-refractivity contribution in [1.82, 2.24) is 14.5 Å². The number of nitrogens with zero attached hydrogens (tertiary/aromatic N) is 2. The van der Waals surface area contributed by atoms with Crippen molar-refractivity contribution in [2.45, 2.75) is 33.0 Å². The van der Waals surface area contributed by atoms with E-state index in [1.54, 1.807) is 60.7 Å². The van der Waals surface area contributed by atoms with Crippen LogP contribution in [-0.4, -0.2) is 48.8 Å². The fraction of sp³-hybridized carbons (Fsp3) is 0.310. The third kappa shape index (κ3) is 8.68. The second-order valence-corrected chi connectivity index (χ2v) is 12.0. The van der Waals surface area contributed by atoms with Crippen LogP contribution >= 0.6 is 11.6 Å². The molecular weight excluding hydrogens is 522 g/mol. The zero-order valence-corrected chi connectivity index (χ0v) is 23.5. The minimum absolute atomic E-state index is 0.0374. The Labute approximate surface area is 230 Å².